The van der Waals surface area contributed by atoms with Gasteiger partial charge in [-0.1, -0.05) is 0 Å². The Labute approximate surface area is 81.4 Å². The summed E-state index contributed by atoms with van der Waals surface area (Å²) in [5.41, 5.74) is 0. The first-order valence-corrected chi connectivity index (χ1v) is 4.41. The number of aliphatic hydroxyl groups excluding tert-OH is 1. The molecule has 76 valence electrons. The number of nitrogens with one attached hydrogen (secondary N) is 2. The van der Waals surface area contributed by atoms with Crippen molar-refractivity contribution < 1.29 is 14.7 Å². The summed E-state index contributed by atoms with van der Waals surface area (Å²) in [6.07, 6.45) is -0.662. The molecule has 0 aromatic carbocycles. The molecule has 3 N–H and O–H groups in total. The normalized spacial score (nSPS) is 11.9. The Morgan fingerprint density at radius 1 is 1.38 bits per heavy atom. The third kappa shape index (κ3) is 6.36. The Hall–Kier alpha value is -0.810. The summed E-state index contributed by atoms with van der Waals surface area (Å²) in [6, 6.07) is 0. The molecule has 0 aliphatic rings. The van der Waals surface area contributed by atoms with Crippen molar-refractivity contribution in [2.24, 2.45) is 0 Å². The fraction of sp³-hybridized carbons (Fsp3) is 0.714. The number of halogens is 1. The Balaban J connectivity index is 3.64. The van der Waals surface area contributed by atoms with E-state index in [1.54, 1.807) is 0 Å². The lowest BCUT2D eigenvalue weighted by atomic mass is 10.4. The SMILES string of the molecule is CC(O)CNC(=O)C(=O)NCCCl. The average Bonchev–Trinajstić information content (AvgIpc) is 2.10. The maximum Gasteiger partial charge on any atom is 0.309 e. The molecule has 0 fully saturated rings. The molecule has 1 atom stereocenters. The van der Waals surface area contributed by atoms with Crippen molar-refractivity contribution in [1.82, 2.24) is 10.6 Å². The van der Waals surface area contributed by atoms with Crippen molar-refractivity contribution in [3.8, 4) is 0 Å². The van der Waals surface area contributed by atoms with Gasteiger partial charge >= 0.3 is 11.8 Å². The predicted octanol–water partition coefficient (Wildman–Crippen LogP) is -1.16. The van der Waals surface area contributed by atoms with Crippen LogP contribution >= 0.6 is 11.6 Å². The zero-order valence-electron chi connectivity index (χ0n) is 7.34. The molecule has 0 aromatic heterocycles. The highest BCUT2D eigenvalue weighted by atomic mass is 35.5. The van der Waals surface area contributed by atoms with Crippen LogP contribution in [0.25, 0.3) is 0 Å². The summed E-state index contributed by atoms with van der Waals surface area (Å²) >= 11 is 5.29. The standard InChI is InChI=1S/C7H13ClN2O3/c1-5(11)4-10-7(13)6(12)9-3-2-8/h5,11H,2-4H2,1H3,(H,9,12)(H,10,13). The van der Waals surface area contributed by atoms with Crippen LogP contribution in [-0.2, 0) is 9.59 Å². The van der Waals surface area contributed by atoms with E-state index in [1.165, 1.54) is 6.92 Å². The topological polar surface area (TPSA) is 78.4 Å². The Bertz CT molecular complexity index is 185. The third-order valence-electron chi connectivity index (χ3n) is 1.14. The van der Waals surface area contributed by atoms with E-state index in [2.05, 4.69) is 10.6 Å². The second-order valence-corrected chi connectivity index (χ2v) is 2.88. The highest BCUT2D eigenvalue weighted by molar-refractivity contribution is 6.35. The van der Waals surface area contributed by atoms with E-state index >= 15 is 0 Å². The molecule has 6 heteroatoms. The summed E-state index contributed by atoms with van der Waals surface area (Å²) in [4.78, 5) is 21.7. The molecule has 0 aliphatic heterocycles. The summed E-state index contributed by atoms with van der Waals surface area (Å²) in [7, 11) is 0. The van der Waals surface area contributed by atoms with E-state index in [4.69, 9.17) is 16.7 Å². The highest BCUT2D eigenvalue weighted by Crippen LogP contribution is 1.76. The van der Waals surface area contributed by atoms with Gasteiger partial charge in [0.2, 0.25) is 0 Å². The van der Waals surface area contributed by atoms with Crippen molar-refractivity contribution in [3.63, 3.8) is 0 Å². The van der Waals surface area contributed by atoms with Crippen LogP contribution < -0.4 is 10.6 Å². The zero-order valence-corrected chi connectivity index (χ0v) is 8.10. The highest BCUT2D eigenvalue weighted by Gasteiger charge is 2.12. The minimum atomic E-state index is -0.758. The van der Waals surface area contributed by atoms with Gasteiger partial charge in [-0.3, -0.25) is 9.59 Å². The molecule has 0 heterocycles. The van der Waals surface area contributed by atoms with Gasteiger partial charge in [0, 0.05) is 19.0 Å². The molecule has 2 amide bonds. The van der Waals surface area contributed by atoms with Gasteiger partial charge in [0.1, 0.15) is 0 Å². The lowest BCUT2D eigenvalue weighted by Gasteiger charge is -2.06. The second-order valence-electron chi connectivity index (χ2n) is 2.50. The fourth-order valence-electron chi connectivity index (χ4n) is 0.562. The van der Waals surface area contributed by atoms with Gasteiger partial charge in [-0.15, -0.1) is 11.6 Å². The number of hydrogen-bond donors (Lipinski definition) is 3. The van der Waals surface area contributed by atoms with Crippen LogP contribution in [0.1, 0.15) is 6.92 Å². The molecule has 0 radical (unpaired) electrons. The number of alkyl halides is 1. The van der Waals surface area contributed by atoms with E-state index in [1.807, 2.05) is 0 Å². The minimum absolute atomic E-state index is 0.0626. The van der Waals surface area contributed by atoms with Crippen LogP contribution in [0.5, 0.6) is 0 Å². The van der Waals surface area contributed by atoms with Crippen LogP contribution in [0.15, 0.2) is 0 Å². The number of carbonyl (C=O) groups is 2. The van der Waals surface area contributed by atoms with Crippen molar-refractivity contribution in [2.45, 2.75) is 13.0 Å². The van der Waals surface area contributed by atoms with Crippen LogP contribution in [-0.4, -0.2) is 42.0 Å². The average molecular weight is 209 g/mol. The van der Waals surface area contributed by atoms with Gasteiger partial charge in [0.15, 0.2) is 0 Å². The van der Waals surface area contributed by atoms with Crippen molar-refractivity contribution in [2.75, 3.05) is 19.0 Å². The predicted molar refractivity (Wildman–Crippen MR) is 48.4 cm³/mol. The first-order valence-electron chi connectivity index (χ1n) is 3.88. The van der Waals surface area contributed by atoms with Crippen LogP contribution in [0.3, 0.4) is 0 Å². The summed E-state index contributed by atoms with van der Waals surface area (Å²) in [6.45, 7) is 1.83. The number of rotatable bonds is 4. The van der Waals surface area contributed by atoms with Crippen molar-refractivity contribution in [1.29, 1.82) is 0 Å². The molecule has 0 aliphatic carbocycles. The maximum absolute atomic E-state index is 10.9. The zero-order chi connectivity index (χ0) is 10.3. The van der Waals surface area contributed by atoms with Gasteiger partial charge in [-0.2, -0.15) is 0 Å². The van der Waals surface area contributed by atoms with Gasteiger partial charge < -0.3 is 15.7 Å². The molecular weight excluding hydrogens is 196 g/mol. The van der Waals surface area contributed by atoms with E-state index in [0.29, 0.717) is 0 Å². The van der Waals surface area contributed by atoms with Crippen molar-refractivity contribution in [3.05, 3.63) is 0 Å². The van der Waals surface area contributed by atoms with Gasteiger partial charge in [0.05, 0.1) is 6.10 Å². The smallest absolute Gasteiger partial charge is 0.309 e. The van der Waals surface area contributed by atoms with Crippen LogP contribution in [0, 0.1) is 0 Å². The number of hydrogen-bond acceptors (Lipinski definition) is 3. The summed E-state index contributed by atoms with van der Waals surface area (Å²) in [5, 5.41) is 13.3. The number of amides is 2. The van der Waals surface area contributed by atoms with E-state index in [9.17, 15) is 9.59 Å². The summed E-state index contributed by atoms with van der Waals surface area (Å²) < 4.78 is 0. The molecule has 0 aromatic rings. The summed E-state index contributed by atoms with van der Waals surface area (Å²) in [5.74, 6) is -1.23. The first kappa shape index (κ1) is 12.2. The molecule has 0 bridgehead atoms. The lowest BCUT2D eigenvalue weighted by Crippen LogP contribution is -2.42. The molecule has 1 unspecified atom stereocenters. The molecular formula is C7H13ClN2O3. The Morgan fingerprint density at radius 2 is 1.92 bits per heavy atom. The molecule has 5 nitrogen and oxygen atoms in total. The number of aliphatic hydroxyl groups is 1. The monoisotopic (exact) mass is 208 g/mol. The van der Waals surface area contributed by atoms with E-state index < -0.39 is 17.9 Å². The van der Waals surface area contributed by atoms with Crippen LogP contribution in [0.2, 0.25) is 0 Å². The van der Waals surface area contributed by atoms with E-state index in [-0.39, 0.29) is 19.0 Å². The molecule has 13 heavy (non-hydrogen) atoms. The fourth-order valence-corrected chi connectivity index (χ4v) is 0.656. The molecule has 0 spiro atoms. The Kier molecular flexibility index (Phi) is 6.26. The van der Waals surface area contributed by atoms with Crippen molar-refractivity contribution >= 4 is 23.4 Å². The molecule has 0 saturated heterocycles. The lowest BCUT2D eigenvalue weighted by molar-refractivity contribution is -0.139. The maximum atomic E-state index is 10.9. The van der Waals surface area contributed by atoms with Gasteiger partial charge in [-0.25, -0.2) is 0 Å². The quantitative estimate of drug-likeness (QED) is 0.403. The first-order chi connectivity index (χ1) is 6.07. The third-order valence-corrected chi connectivity index (χ3v) is 1.33. The van der Waals surface area contributed by atoms with Gasteiger partial charge in [-0.05, 0) is 6.92 Å². The minimum Gasteiger partial charge on any atom is -0.392 e. The van der Waals surface area contributed by atoms with Gasteiger partial charge in [0.25, 0.3) is 0 Å². The molecule has 0 rings (SSSR count). The Morgan fingerprint density at radius 3 is 2.38 bits per heavy atom. The number of carbonyl (C=O) groups excluding carboxylic acids is 2. The molecule has 0 saturated carbocycles. The second kappa shape index (κ2) is 6.68. The largest absolute Gasteiger partial charge is 0.392 e. The van der Waals surface area contributed by atoms with E-state index in [0.717, 1.165) is 0 Å². The van der Waals surface area contributed by atoms with Crippen LogP contribution in [0.4, 0.5) is 0 Å².